The Balaban J connectivity index is 1.69. The van der Waals surface area contributed by atoms with Crippen molar-refractivity contribution in [2.75, 3.05) is 6.61 Å². The topological polar surface area (TPSA) is 73.0 Å². The Morgan fingerprint density at radius 3 is 2.92 bits per heavy atom. The molecule has 3 heterocycles. The number of para-hydroxylation sites is 1. The average molecular weight is 389 g/mol. The molecule has 7 nitrogen and oxygen atoms in total. The maximum atomic E-state index is 6.54. The third-order valence-electron chi connectivity index (χ3n) is 4.24. The molecule has 0 saturated carbocycles. The van der Waals surface area contributed by atoms with Gasteiger partial charge in [0, 0.05) is 6.61 Å². The number of halogens is 1. The van der Waals surface area contributed by atoms with Gasteiger partial charge in [0.1, 0.15) is 11.3 Å². The van der Waals surface area contributed by atoms with Crippen LogP contribution in [0, 0.1) is 11.7 Å². The van der Waals surface area contributed by atoms with Gasteiger partial charge in [0.2, 0.25) is 4.77 Å². The molecular weight excluding hydrogens is 372 g/mol. The monoisotopic (exact) mass is 388 g/mol. The number of hydrogen-bond acceptors (Lipinski definition) is 5. The summed E-state index contributed by atoms with van der Waals surface area (Å²) in [5.41, 5.74) is 2.40. The van der Waals surface area contributed by atoms with Crippen LogP contribution in [-0.2, 0) is 4.74 Å². The van der Waals surface area contributed by atoms with Crippen LogP contribution < -0.4 is 0 Å². The third kappa shape index (κ3) is 3.11. The Hall–Kier alpha value is -2.29. The smallest absolute Gasteiger partial charge is 0.216 e. The molecule has 0 unspecified atom stereocenters. The van der Waals surface area contributed by atoms with E-state index in [9.17, 15) is 0 Å². The highest BCUT2D eigenvalue weighted by atomic mass is 35.5. The van der Waals surface area contributed by atoms with E-state index in [-0.39, 0.29) is 6.10 Å². The van der Waals surface area contributed by atoms with E-state index in [1.165, 1.54) is 0 Å². The van der Waals surface area contributed by atoms with Crippen LogP contribution in [0.3, 0.4) is 0 Å². The molecule has 1 atom stereocenters. The highest BCUT2D eigenvalue weighted by Gasteiger charge is 2.23. The quantitative estimate of drug-likeness (QED) is 0.544. The van der Waals surface area contributed by atoms with E-state index in [2.05, 4.69) is 20.4 Å². The fourth-order valence-electron chi connectivity index (χ4n) is 2.92. The zero-order chi connectivity index (χ0) is 18.1. The van der Waals surface area contributed by atoms with E-state index in [0.29, 0.717) is 15.7 Å². The van der Waals surface area contributed by atoms with Crippen LogP contribution in [0.4, 0.5) is 0 Å². The summed E-state index contributed by atoms with van der Waals surface area (Å²) in [6.45, 7) is 2.62. The second-order valence-corrected chi connectivity index (χ2v) is 6.73. The molecule has 1 saturated heterocycles. The first-order valence-electron chi connectivity index (χ1n) is 8.29. The van der Waals surface area contributed by atoms with Crippen molar-refractivity contribution in [3.05, 3.63) is 57.3 Å². The summed E-state index contributed by atoms with van der Waals surface area (Å²) in [5.74, 6) is 0.674. The van der Waals surface area contributed by atoms with Crippen molar-refractivity contribution in [1.82, 2.24) is 24.7 Å². The number of hydrogen-bond donors (Lipinski definition) is 1. The molecule has 0 spiro atoms. The minimum absolute atomic E-state index is 0.0938. The molecule has 0 amide bonds. The molecule has 2 aromatic heterocycles. The molecule has 26 heavy (non-hydrogen) atoms. The normalized spacial score (nSPS) is 17.4. The number of nitrogens with zero attached hydrogens (tertiary/aromatic N) is 5. The molecule has 134 valence electrons. The van der Waals surface area contributed by atoms with E-state index in [4.69, 9.17) is 28.6 Å². The van der Waals surface area contributed by atoms with E-state index in [1.54, 1.807) is 15.6 Å². The second-order valence-electron chi connectivity index (χ2n) is 5.98. The van der Waals surface area contributed by atoms with Gasteiger partial charge in [0.15, 0.2) is 5.82 Å². The van der Waals surface area contributed by atoms with Crippen molar-refractivity contribution in [3.8, 4) is 5.69 Å². The maximum Gasteiger partial charge on any atom is 0.216 e. The number of aryl methyl sites for hydroxylation is 1. The Morgan fingerprint density at radius 2 is 2.19 bits per heavy atom. The van der Waals surface area contributed by atoms with E-state index in [1.807, 2.05) is 37.3 Å². The van der Waals surface area contributed by atoms with Crippen molar-refractivity contribution >= 4 is 30.0 Å². The van der Waals surface area contributed by atoms with Crippen LogP contribution >= 0.6 is 23.8 Å². The fourth-order valence-corrected chi connectivity index (χ4v) is 3.43. The number of nitrogens with one attached hydrogen (secondary N) is 1. The van der Waals surface area contributed by atoms with Gasteiger partial charge < -0.3 is 4.74 Å². The minimum Gasteiger partial charge on any atom is -0.370 e. The van der Waals surface area contributed by atoms with Crippen molar-refractivity contribution < 1.29 is 4.74 Å². The summed E-state index contributed by atoms with van der Waals surface area (Å²) in [4.78, 5) is 0. The first-order valence-corrected chi connectivity index (χ1v) is 9.07. The Labute approximate surface area is 160 Å². The Morgan fingerprint density at radius 1 is 1.38 bits per heavy atom. The molecule has 1 aliphatic rings. The van der Waals surface area contributed by atoms with Gasteiger partial charge in [-0.1, -0.05) is 29.8 Å². The van der Waals surface area contributed by atoms with Gasteiger partial charge in [-0.2, -0.15) is 20.0 Å². The second kappa shape index (κ2) is 7.14. The molecule has 0 bridgehead atoms. The van der Waals surface area contributed by atoms with Gasteiger partial charge in [-0.3, -0.25) is 5.10 Å². The van der Waals surface area contributed by atoms with Gasteiger partial charge in [0.25, 0.3) is 0 Å². The summed E-state index contributed by atoms with van der Waals surface area (Å²) < 4.78 is 9.37. The van der Waals surface area contributed by atoms with Gasteiger partial charge in [-0.05, 0) is 44.1 Å². The van der Waals surface area contributed by atoms with E-state index >= 15 is 0 Å². The van der Waals surface area contributed by atoms with Crippen LogP contribution in [0.15, 0.2) is 35.4 Å². The highest BCUT2D eigenvalue weighted by Crippen LogP contribution is 2.27. The van der Waals surface area contributed by atoms with Gasteiger partial charge >= 0.3 is 0 Å². The van der Waals surface area contributed by atoms with E-state index in [0.717, 1.165) is 36.4 Å². The lowest BCUT2D eigenvalue weighted by atomic mass is 10.2. The molecule has 9 heteroatoms. The summed E-state index contributed by atoms with van der Waals surface area (Å²) >= 11 is 11.8. The molecule has 1 N–H and O–H groups in total. The molecule has 1 aromatic carbocycles. The van der Waals surface area contributed by atoms with Gasteiger partial charge in [0.05, 0.1) is 23.2 Å². The standard InChI is InChI=1S/C17H17ClN6OS/c1-11-13(15(18)23(22-11)12-6-3-2-4-7-12)10-19-24-16(20-21-17(24)26)14-8-5-9-25-14/h2-4,6-7,10,14H,5,8-9H2,1H3,(H,21,26)/b19-10-/t14-/m1/s1. The lowest BCUT2D eigenvalue weighted by Crippen LogP contribution is -2.05. The van der Waals surface area contributed by atoms with Crippen molar-refractivity contribution in [1.29, 1.82) is 0 Å². The molecule has 1 aliphatic heterocycles. The largest absolute Gasteiger partial charge is 0.370 e. The number of H-pyrrole nitrogens is 1. The van der Waals surface area contributed by atoms with Gasteiger partial charge in [-0.15, -0.1) is 0 Å². The molecular formula is C17H17ClN6OS. The predicted octanol–water partition coefficient (Wildman–Crippen LogP) is 3.82. The first kappa shape index (κ1) is 17.1. The molecule has 3 aromatic rings. The van der Waals surface area contributed by atoms with Crippen molar-refractivity contribution in [3.63, 3.8) is 0 Å². The highest BCUT2D eigenvalue weighted by molar-refractivity contribution is 7.71. The van der Waals surface area contributed by atoms with Crippen LogP contribution in [0.2, 0.25) is 5.15 Å². The van der Waals surface area contributed by atoms with Crippen LogP contribution in [0.1, 0.15) is 36.0 Å². The number of aromatic amines is 1. The number of benzene rings is 1. The van der Waals surface area contributed by atoms with Crippen molar-refractivity contribution in [2.45, 2.75) is 25.9 Å². The maximum absolute atomic E-state index is 6.54. The Bertz CT molecular complexity index is 1000. The lowest BCUT2D eigenvalue weighted by molar-refractivity contribution is 0.102. The Kier molecular flexibility index (Phi) is 4.71. The number of rotatable bonds is 4. The predicted molar refractivity (Wildman–Crippen MR) is 102 cm³/mol. The number of ether oxygens (including phenoxy) is 1. The number of aromatic nitrogens is 5. The zero-order valence-corrected chi connectivity index (χ0v) is 15.7. The third-order valence-corrected chi connectivity index (χ3v) is 4.87. The molecule has 0 aliphatic carbocycles. The molecule has 0 radical (unpaired) electrons. The first-order chi connectivity index (χ1) is 12.6. The fraction of sp³-hybridized carbons (Fsp3) is 0.294. The SMILES string of the molecule is Cc1nn(-c2ccccc2)c(Cl)c1/C=N\n1c([C@H]2CCCO2)n[nH]c1=S. The lowest BCUT2D eigenvalue weighted by Gasteiger charge is -2.07. The van der Waals surface area contributed by atoms with Crippen LogP contribution in [-0.4, -0.2) is 37.5 Å². The summed E-state index contributed by atoms with van der Waals surface area (Å²) in [5, 5.41) is 16.5. The summed E-state index contributed by atoms with van der Waals surface area (Å²) in [6, 6.07) is 9.72. The molecule has 1 fully saturated rings. The summed E-state index contributed by atoms with van der Waals surface area (Å²) in [6.07, 6.45) is 3.47. The van der Waals surface area contributed by atoms with Gasteiger partial charge in [-0.25, -0.2) is 4.68 Å². The minimum atomic E-state index is -0.0938. The molecule has 4 rings (SSSR count). The summed E-state index contributed by atoms with van der Waals surface area (Å²) in [7, 11) is 0. The van der Waals surface area contributed by atoms with Crippen LogP contribution in [0.5, 0.6) is 0 Å². The average Bonchev–Trinajstić information content (AvgIpc) is 3.36. The van der Waals surface area contributed by atoms with Crippen molar-refractivity contribution in [2.24, 2.45) is 5.10 Å². The zero-order valence-electron chi connectivity index (χ0n) is 14.1. The van der Waals surface area contributed by atoms with Crippen LogP contribution in [0.25, 0.3) is 5.69 Å². The van der Waals surface area contributed by atoms with E-state index < -0.39 is 0 Å².